The highest BCUT2D eigenvalue weighted by Gasteiger charge is 2.33. The summed E-state index contributed by atoms with van der Waals surface area (Å²) in [6.07, 6.45) is 3.53. The van der Waals surface area contributed by atoms with Crippen molar-refractivity contribution in [3.05, 3.63) is 108 Å². The van der Waals surface area contributed by atoms with Crippen LogP contribution in [-0.2, 0) is 18.6 Å². The molecule has 0 amide bonds. The summed E-state index contributed by atoms with van der Waals surface area (Å²) < 4.78 is 1.66. The maximum Gasteiger partial charge on any atom is 0.137 e. The predicted molar refractivity (Wildman–Crippen MR) is 111 cm³/mol. The van der Waals surface area contributed by atoms with Crippen molar-refractivity contribution in [1.82, 2.24) is 14.8 Å². The van der Waals surface area contributed by atoms with E-state index in [4.69, 9.17) is 11.6 Å². The molecule has 1 atom stereocenters. The van der Waals surface area contributed by atoms with Crippen molar-refractivity contribution in [2.75, 3.05) is 0 Å². The molecular formula is C23H20ClN3O. The Balaban J connectivity index is 1.81. The van der Waals surface area contributed by atoms with Gasteiger partial charge >= 0.3 is 0 Å². The van der Waals surface area contributed by atoms with Gasteiger partial charge in [0.2, 0.25) is 0 Å². The lowest BCUT2D eigenvalue weighted by Gasteiger charge is -2.31. The molecule has 28 heavy (non-hydrogen) atoms. The van der Waals surface area contributed by atoms with E-state index in [-0.39, 0.29) is 0 Å². The minimum Gasteiger partial charge on any atom is -0.383 e. The Morgan fingerprint density at radius 1 is 0.893 bits per heavy atom. The highest BCUT2D eigenvalue weighted by Crippen LogP contribution is 2.35. The van der Waals surface area contributed by atoms with E-state index in [9.17, 15) is 5.11 Å². The van der Waals surface area contributed by atoms with Crippen LogP contribution in [0.5, 0.6) is 0 Å². The van der Waals surface area contributed by atoms with Gasteiger partial charge in [0.1, 0.15) is 18.3 Å². The Bertz CT molecular complexity index is 1030. The van der Waals surface area contributed by atoms with Gasteiger partial charge in [0.05, 0.1) is 6.54 Å². The van der Waals surface area contributed by atoms with E-state index < -0.39 is 5.60 Å². The van der Waals surface area contributed by atoms with Gasteiger partial charge in [-0.3, -0.25) is 0 Å². The normalized spacial score (nSPS) is 13.2. The van der Waals surface area contributed by atoms with Crippen LogP contribution in [0, 0.1) is 0 Å². The molecular weight excluding hydrogens is 370 g/mol. The molecule has 0 aliphatic heterocycles. The van der Waals surface area contributed by atoms with Gasteiger partial charge in [-0.05, 0) is 34.4 Å². The molecule has 140 valence electrons. The molecule has 1 aromatic heterocycles. The van der Waals surface area contributed by atoms with Gasteiger partial charge in [0.15, 0.2) is 0 Å². The number of benzene rings is 3. The number of nitrogens with zero attached hydrogens (tertiary/aromatic N) is 3. The second kappa shape index (κ2) is 7.97. The minimum atomic E-state index is -1.17. The van der Waals surface area contributed by atoms with Crippen LogP contribution in [0.25, 0.3) is 11.1 Å². The Morgan fingerprint density at radius 2 is 1.61 bits per heavy atom. The van der Waals surface area contributed by atoms with Gasteiger partial charge in [-0.25, -0.2) is 9.67 Å². The monoisotopic (exact) mass is 389 g/mol. The quantitative estimate of drug-likeness (QED) is 0.518. The Hall–Kier alpha value is -2.95. The number of hydrogen-bond donors (Lipinski definition) is 1. The molecule has 4 nitrogen and oxygen atoms in total. The van der Waals surface area contributed by atoms with E-state index in [1.54, 1.807) is 11.0 Å². The van der Waals surface area contributed by atoms with Crippen LogP contribution in [0.2, 0.25) is 5.02 Å². The summed E-state index contributed by atoms with van der Waals surface area (Å²) in [5.41, 5.74) is 2.74. The Kier molecular flexibility index (Phi) is 5.24. The van der Waals surface area contributed by atoms with Crippen LogP contribution in [0.1, 0.15) is 11.1 Å². The van der Waals surface area contributed by atoms with Gasteiger partial charge < -0.3 is 5.11 Å². The molecule has 4 rings (SSSR count). The van der Waals surface area contributed by atoms with E-state index in [1.165, 1.54) is 6.33 Å². The van der Waals surface area contributed by atoms with Gasteiger partial charge in [-0.1, -0.05) is 78.3 Å². The fraction of sp³-hybridized carbons (Fsp3) is 0.130. The van der Waals surface area contributed by atoms with E-state index in [0.29, 0.717) is 18.0 Å². The first kappa shape index (κ1) is 18.4. The maximum absolute atomic E-state index is 11.9. The zero-order valence-electron chi connectivity index (χ0n) is 15.2. The highest BCUT2D eigenvalue weighted by molar-refractivity contribution is 6.30. The summed E-state index contributed by atoms with van der Waals surface area (Å²) in [6.45, 7) is 0.291. The minimum absolute atomic E-state index is 0.291. The molecule has 1 heterocycles. The van der Waals surface area contributed by atoms with Crippen molar-refractivity contribution >= 4 is 11.6 Å². The Labute approximate surface area is 169 Å². The molecule has 1 unspecified atom stereocenters. The van der Waals surface area contributed by atoms with Gasteiger partial charge in [-0.15, -0.1) is 0 Å². The van der Waals surface area contributed by atoms with Crippen LogP contribution >= 0.6 is 11.6 Å². The number of aromatic nitrogens is 3. The molecule has 0 radical (unpaired) electrons. The number of hydrogen-bond acceptors (Lipinski definition) is 3. The Morgan fingerprint density at radius 3 is 2.32 bits per heavy atom. The standard InChI is InChI=1S/C23H20ClN3O/c24-20-12-10-18(11-13-20)14-23(28,15-27-17-25-16-26-27)22-9-5-4-8-21(22)19-6-2-1-3-7-19/h1-13,16-17,28H,14-15H2. The third kappa shape index (κ3) is 3.98. The molecule has 0 fully saturated rings. The summed E-state index contributed by atoms with van der Waals surface area (Å²) >= 11 is 6.04. The second-order valence-corrected chi connectivity index (χ2v) is 7.28. The average molecular weight is 390 g/mol. The lowest BCUT2D eigenvalue weighted by Crippen LogP contribution is -2.35. The third-order valence-corrected chi connectivity index (χ3v) is 5.07. The summed E-state index contributed by atoms with van der Waals surface area (Å²) in [6, 6.07) is 25.6. The van der Waals surface area contributed by atoms with Crippen molar-refractivity contribution in [3.63, 3.8) is 0 Å². The fourth-order valence-electron chi connectivity index (χ4n) is 3.52. The van der Waals surface area contributed by atoms with Crippen LogP contribution in [-0.4, -0.2) is 19.9 Å². The first-order valence-electron chi connectivity index (χ1n) is 9.08. The van der Waals surface area contributed by atoms with E-state index >= 15 is 0 Å². The smallest absolute Gasteiger partial charge is 0.137 e. The SMILES string of the molecule is OC(Cc1ccc(Cl)cc1)(Cn1cncn1)c1ccccc1-c1ccccc1. The van der Waals surface area contributed by atoms with E-state index in [2.05, 4.69) is 22.2 Å². The zero-order chi connectivity index (χ0) is 19.4. The zero-order valence-corrected chi connectivity index (χ0v) is 16.0. The molecule has 0 saturated heterocycles. The van der Waals surface area contributed by atoms with Crippen molar-refractivity contribution < 1.29 is 5.11 Å². The lowest BCUT2D eigenvalue weighted by atomic mass is 9.82. The number of halogens is 1. The molecule has 5 heteroatoms. The third-order valence-electron chi connectivity index (χ3n) is 4.81. The fourth-order valence-corrected chi connectivity index (χ4v) is 3.64. The first-order valence-corrected chi connectivity index (χ1v) is 9.46. The van der Waals surface area contributed by atoms with E-state index in [0.717, 1.165) is 22.3 Å². The topological polar surface area (TPSA) is 50.9 Å². The summed E-state index contributed by atoms with van der Waals surface area (Å²) in [5.74, 6) is 0. The molecule has 4 aromatic rings. The second-order valence-electron chi connectivity index (χ2n) is 6.84. The van der Waals surface area contributed by atoms with Crippen LogP contribution in [0.15, 0.2) is 91.5 Å². The largest absolute Gasteiger partial charge is 0.383 e. The van der Waals surface area contributed by atoms with Crippen molar-refractivity contribution in [3.8, 4) is 11.1 Å². The number of aliphatic hydroxyl groups is 1. The predicted octanol–water partition coefficient (Wildman–Crippen LogP) is 4.73. The average Bonchev–Trinajstić information content (AvgIpc) is 3.23. The highest BCUT2D eigenvalue weighted by atomic mass is 35.5. The van der Waals surface area contributed by atoms with Crippen LogP contribution < -0.4 is 0 Å². The molecule has 3 aromatic carbocycles. The summed E-state index contributed by atoms with van der Waals surface area (Å²) in [7, 11) is 0. The first-order chi connectivity index (χ1) is 13.6. The van der Waals surface area contributed by atoms with Crippen molar-refractivity contribution in [2.24, 2.45) is 0 Å². The van der Waals surface area contributed by atoms with Crippen molar-refractivity contribution in [1.29, 1.82) is 0 Å². The molecule has 0 bridgehead atoms. The molecule has 0 aliphatic rings. The van der Waals surface area contributed by atoms with Gasteiger partial charge in [-0.2, -0.15) is 5.10 Å². The molecule has 0 spiro atoms. The number of rotatable bonds is 6. The van der Waals surface area contributed by atoms with Crippen molar-refractivity contribution in [2.45, 2.75) is 18.6 Å². The summed E-state index contributed by atoms with van der Waals surface area (Å²) in [4.78, 5) is 4.02. The van der Waals surface area contributed by atoms with Crippen LogP contribution in [0.3, 0.4) is 0 Å². The van der Waals surface area contributed by atoms with Gasteiger partial charge in [0, 0.05) is 11.4 Å². The molecule has 0 saturated carbocycles. The molecule has 1 N–H and O–H groups in total. The maximum atomic E-state index is 11.9. The lowest BCUT2D eigenvalue weighted by molar-refractivity contribution is 0.0156. The molecule has 0 aliphatic carbocycles. The van der Waals surface area contributed by atoms with Gasteiger partial charge in [0.25, 0.3) is 0 Å². The van der Waals surface area contributed by atoms with E-state index in [1.807, 2.05) is 66.7 Å². The summed E-state index contributed by atoms with van der Waals surface area (Å²) in [5, 5.41) is 16.8. The van der Waals surface area contributed by atoms with Crippen LogP contribution in [0.4, 0.5) is 0 Å².